The number of hydrogen-bond donors (Lipinski definition) is 2. The molecule has 0 aromatic carbocycles. The van der Waals surface area contributed by atoms with Gasteiger partial charge in [-0.15, -0.1) is 0 Å². The first kappa shape index (κ1) is 43.8. The number of phosphoric acid groups is 1. The first-order valence-corrected chi connectivity index (χ1v) is 19.7. The molecule has 0 saturated carbocycles. The molecule has 0 amide bonds. The zero-order valence-corrected chi connectivity index (χ0v) is 29.8. The first-order valence-electron chi connectivity index (χ1n) is 18.2. The summed E-state index contributed by atoms with van der Waals surface area (Å²) in [6.07, 6.45) is 29.7. The second-order valence-corrected chi connectivity index (χ2v) is 13.5. The van der Waals surface area contributed by atoms with E-state index in [-0.39, 0.29) is 32.6 Å². The van der Waals surface area contributed by atoms with Gasteiger partial charge in [-0.2, -0.15) is 0 Å². The van der Waals surface area contributed by atoms with Crippen LogP contribution in [0.2, 0.25) is 0 Å². The summed E-state index contributed by atoms with van der Waals surface area (Å²) < 4.78 is 32.5. The van der Waals surface area contributed by atoms with Crippen molar-refractivity contribution in [3.8, 4) is 0 Å². The fourth-order valence-electron chi connectivity index (χ4n) is 4.92. The predicted octanol–water partition coefficient (Wildman–Crippen LogP) is 9.49. The van der Waals surface area contributed by atoms with Gasteiger partial charge in [0.25, 0.3) is 0 Å². The zero-order valence-electron chi connectivity index (χ0n) is 28.9. The minimum Gasteiger partial charge on any atom is -0.462 e. The summed E-state index contributed by atoms with van der Waals surface area (Å²) >= 11 is 0. The molecule has 0 fully saturated rings. The molecular formula is C35H68NO8P. The maximum atomic E-state index is 12.4. The second kappa shape index (κ2) is 32.7. The highest BCUT2D eigenvalue weighted by molar-refractivity contribution is 7.47. The van der Waals surface area contributed by atoms with Crippen LogP contribution in [0.4, 0.5) is 0 Å². The molecule has 10 heteroatoms. The lowest BCUT2D eigenvalue weighted by Crippen LogP contribution is -2.29. The number of unbranched alkanes of at least 4 members (excludes halogenated alkanes) is 19. The lowest BCUT2D eigenvalue weighted by atomic mass is 10.1. The largest absolute Gasteiger partial charge is 0.472 e. The minimum atomic E-state index is -4.36. The van der Waals surface area contributed by atoms with Crippen molar-refractivity contribution in [2.24, 2.45) is 5.73 Å². The number of rotatable bonds is 34. The SMILES string of the molecule is CCCCCCCCCCC/C=C/CCCCC(=O)OC[C@@H](COP(=O)(O)OCCN)OC(=O)CCCCCCCCCCC. The van der Waals surface area contributed by atoms with E-state index in [9.17, 15) is 19.0 Å². The summed E-state index contributed by atoms with van der Waals surface area (Å²) in [4.78, 5) is 34.5. The molecule has 9 nitrogen and oxygen atoms in total. The molecule has 266 valence electrons. The monoisotopic (exact) mass is 661 g/mol. The van der Waals surface area contributed by atoms with Gasteiger partial charge in [-0.1, -0.05) is 129 Å². The molecule has 0 heterocycles. The van der Waals surface area contributed by atoms with E-state index < -0.39 is 32.5 Å². The van der Waals surface area contributed by atoms with Crippen LogP contribution in [0.15, 0.2) is 12.2 Å². The van der Waals surface area contributed by atoms with Gasteiger partial charge < -0.3 is 20.1 Å². The van der Waals surface area contributed by atoms with Crippen molar-refractivity contribution in [1.82, 2.24) is 0 Å². The summed E-state index contributed by atoms with van der Waals surface area (Å²) in [6, 6.07) is 0. The highest BCUT2D eigenvalue weighted by atomic mass is 31.2. The van der Waals surface area contributed by atoms with Crippen LogP contribution in [0, 0.1) is 0 Å². The summed E-state index contributed by atoms with van der Waals surface area (Å²) in [5, 5.41) is 0. The van der Waals surface area contributed by atoms with Crippen LogP contribution in [0.3, 0.4) is 0 Å². The Hall–Kier alpha value is -1.25. The number of carbonyl (C=O) groups excluding carboxylic acids is 2. The third kappa shape index (κ3) is 32.5. The molecule has 0 bridgehead atoms. The third-order valence-corrected chi connectivity index (χ3v) is 8.64. The third-order valence-electron chi connectivity index (χ3n) is 7.65. The molecule has 3 N–H and O–H groups in total. The van der Waals surface area contributed by atoms with E-state index in [1.165, 1.54) is 89.9 Å². The van der Waals surface area contributed by atoms with Crippen molar-refractivity contribution < 1.29 is 37.6 Å². The van der Waals surface area contributed by atoms with E-state index in [2.05, 4.69) is 26.0 Å². The smallest absolute Gasteiger partial charge is 0.462 e. The summed E-state index contributed by atoms with van der Waals surface area (Å²) in [5.41, 5.74) is 5.31. The van der Waals surface area contributed by atoms with Crippen LogP contribution < -0.4 is 5.73 Å². The quantitative estimate of drug-likeness (QED) is 0.0299. The van der Waals surface area contributed by atoms with Crippen LogP contribution in [0.1, 0.15) is 168 Å². The lowest BCUT2D eigenvalue weighted by molar-refractivity contribution is -0.161. The van der Waals surface area contributed by atoms with E-state index in [1.807, 2.05) is 0 Å². The molecule has 0 aliphatic carbocycles. The normalized spacial score (nSPS) is 13.6. The van der Waals surface area contributed by atoms with Gasteiger partial charge in [0.1, 0.15) is 6.61 Å². The average molecular weight is 662 g/mol. The van der Waals surface area contributed by atoms with Crippen LogP contribution >= 0.6 is 7.82 Å². The zero-order chi connectivity index (χ0) is 33.3. The molecule has 0 saturated heterocycles. The van der Waals surface area contributed by atoms with E-state index in [1.54, 1.807) is 0 Å². The van der Waals surface area contributed by atoms with Gasteiger partial charge >= 0.3 is 19.8 Å². The van der Waals surface area contributed by atoms with E-state index in [4.69, 9.17) is 24.3 Å². The molecule has 0 radical (unpaired) electrons. The van der Waals surface area contributed by atoms with Crippen molar-refractivity contribution in [3.63, 3.8) is 0 Å². The van der Waals surface area contributed by atoms with Crippen molar-refractivity contribution >= 4 is 19.8 Å². The van der Waals surface area contributed by atoms with Crippen molar-refractivity contribution in [2.75, 3.05) is 26.4 Å². The molecule has 0 spiro atoms. The number of allylic oxidation sites excluding steroid dienone is 2. The standard InChI is InChI=1S/C35H68NO8P/c1-3-5-7-9-11-13-14-15-16-17-18-20-21-23-25-27-34(37)41-31-33(32-43-45(39,40)42-30-29-36)44-35(38)28-26-24-22-19-12-10-8-6-4-2/h18,20,33H,3-17,19,21-32,36H2,1-2H3,(H,39,40)/b20-18+/t33-/m0/s1. The highest BCUT2D eigenvalue weighted by Crippen LogP contribution is 2.43. The summed E-state index contributed by atoms with van der Waals surface area (Å²) in [5.74, 6) is -0.854. The summed E-state index contributed by atoms with van der Waals surface area (Å²) in [7, 11) is -4.36. The molecule has 45 heavy (non-hydrogen) atoms. The van der Waals surface area contributed by atoms with Gasteiger partial charge in [-0.25, -0.2) is 4.57 Å². The maximum absolute atomic E-state index is 12.4. The van der Waals surface area contributed by atoms with Crippen molar-refractivity contribution in [2.45, 2.75) is 174 Å². The van der Waals surface area contributed by atoms with E-state index in [0.29, 0.717) is 12.8 Å². The lowest BCUT2D eigenvalue weighted by Gasteiger charge is -2.19. The number of phosphoric ester groups is 1. The fourth-order valence-corrected chi connectivity index (χ4v) is 5.69. The van der Waals surface area contributed by atoms with Gasteiger partial charge in [0.05, 0.1) is 13.2 Å². The maximum Gasteiger partial charge on any atom is 0.472 e. The first-order chi connectivity index (χ1) is 21.8. The Kier molecular flexibility index (Phi) is 31.8. The molecule has 2 atom stereocenters. The van der Waals surface area contributed by atoms with Crippen LogP contribution in [0.5, 0.6) is 0 Å². The Balaban J connectivity index is 4.23. The molecular weight excluding hydrogens is 593 g/mol. The number of carbonyl (C=O) groups is 2. The van der Waals surface area contributed by atoms with Gasteiger partial charge in [0, 0.05) is 19.4 Å². The second-order valence-electron chi connectivity index (χ2n) is 12.1. The van der Waals surface area contributed by atoms with Crippen molar-refractivity contribution in [1.29, 1.82) is 0 Å². The average Bonchev–Trinajstić information content (AvgIpc) is 3.02. The molecule has 0 aromatic heterocycles. The number of ether oxygens (including phenoxy) is 2. The Morgan fingerprint density at radius 3 is 1.62 bits per heavy atom. The Morgan fingerprint density at radius 2 is 1.09 bits per heavy atom. The molecule has 1 unspecified atom stereocenters. The summed E-state index contributed by atoms with van der Waals surface area (Å²) in [6.45, 7) is 3.67. The Bertz CT molecular complexity index is 764. The highest BCUT2D eigenvalue weighted by Gasteiger charge is 2.25. The topological polar surface area (TPSA) is 134 Å². The molecule has 0 aromatic rings. The molecule has 0 aliphatic heterocycles. The minimum absolute atomic E-state index is 0.0534. The van der Waals surface area contributed by atoms with Gasteiger partial charge in [0.2, 0.25) is 0 Å². The number of esters is 2. The van der Waals surface area contributed by atoms with Crippen LogP contribution in [0.25, 0.3) is 0 Å². The van der Waals surface area contributed by atoms with E-state index >= 15 is 0 Å². The fraction of sp³-hybridized carbons (Fsp3) is 0.886. The van der Waals surface area contributed by atoms with Gasteiger partial charge in [-0.05, 0) is 38.5 Å². The number of hydrogen-bond acceptors (Lipinski definition) is 8. The number of nitrogens with two attached hydrogens (primary N) is 1. The van der Waals surface area contributed by atoms with Crippen LogP contribution in [-0.4, -0.2) is 49.3 Å². The molecule has 0 aliphatic rings. The Morgan fingerprint density at radius 1 is 0.644 bits per heavy atom. The van der Waals surface area contributed by atoms with Gasteiger partial charge in [0.15, 0.2) is 6.10 Å². The molecule has 0 rings (SSSR count). The van der Waals surface area contributed by atoms with Crippen molar-refractivity contribution in [3.05, 3.63) is 12.2 Å². The Labute approximate surface area is 275 Å². The van der Waals surface area contributed by atoms with E-state index in [0.717, 1.165) is 38.5 Å². The van der Waals surface area contributed by atoms with Gasteiger partial charge in [-0.3, -0.25) is 18.6 Å². The predicted molar refractivity (Wildman–Crippen MR) is 183 cm³/mol. The van der Waals surface area contributed by atoms with Crippen LogP contribution in [-0.2, 0) is 32.7 Å².